The Kier molecular flexibility index (Phi) is 7.03. The van der Waals surface area contributed by atoms with Crippen molar-refractivity contribution < 1.29 is 23.9 Å². The van der Waals surface area contributed by atoms with Gasteiger partial charge in [-0.25, -0.2) is 14.4 Å². The zero-order valence-electron chi connectivity index (χ0n) is 16.6. The average molecular weight is 426 g/mol. The molecule has 0 saturated carbocycles. The number of carbonyl (C=O) groups excluding carboxylic acids is 3. The molecular formula is C22H22N2O5S. The van der Waals surface area contributed by atoms with E-state index in [1.54, 1.807) is 13.0 Å². The van der Waals surface area contributed by atoms with Crippen molar-refractivity contribution in [2.24, 2.45) is 0 Å². The Morgan fingerprint density at radius 2 is 1.93 bits per heavy atom. The van der Waals surface area contributed by atoms with Crippen LogP contribution in [0.1, 0.15) is 29.0 Å². The molecule has 7 nitrogen and oxygen atoms in total. The van der Waals surface area contributed by atoms with Crippen LogP contribution in [-0.2, 0) is 19.1 Å². The van der Waals surface area contributed by atoms with Crippen molar-refractivity contribution in [2.75, 3.05) is 13.2 Å². The minimum absolute atomic E-state index is 0.180. The quantitative estimate of drug-likeness (QED) is 0.522. The first kappa shape index (κ1) is 21.3. The van der Waals surface area contributed by atoms with Gasteiger partial charge in [0.2, 0.25) is 0 Å². The van der Waals surface area contributed by atoms with Crippen molar-refractivity contribution in [3.05, 3.63) is 75.1 Å². The van der Waals surface area contributed by atoms with Gasteiger partial charge in [-0.3, -0.25) is 0 Å². The standard InChI is InChI=1S/C22H22N2O5S/c1-3-28-21(26)19-16(23-22(27)24-20(19)17-5-4-12-30-17)13-29-18(25)11-10-15-8-6-14(2)7-9-15/h4-12,20H,3,13H2,1-2H3,(H2,23,24,27)/b11-10+/t20-/m1/s1. The van der Waals surface area contributed by atoms with Gasteiger partial charge >= 0.3 is 18.0 Å². The summed E-state index contributed by atoms with van der Waals surface area (Å²) in [6.45, 7) is 3.59. The molecule has 156 valence electrons. The Balaban J connectivity index is 1.78. The maximum atomic E-state index is 12.6. The molecule has 1 aromatic carbocycles. The van der Waals surface area contributed by atoms with Gasteiger partial charge in [0.25, 0.3) is 0 Å². The lowest BCUT2D eigenvalue weighted by Crippen LogP contribution is -2.46. The molecule has 0 bridgehead atoms. The Morgan fingerprint density at radius 1 is 1.17 bits per heavy atom. The zero-order chi connectivity index (χ0) is 21.5. The molecule has 30 heavy (non-hydrogen) atoms. The normalized spacial score (nSPS) is 16.2. The van der Waals surface area contributed by atoms with Gasteiger partial charge in [0.15, 0.2) is 0 Å². The van der Waals surface area contributed by atoms with Gasteiger partial charge in [-0.1, -0.05) is 35.9 Å². The maximum Gasteiger partial charge on any atom is 0.338 e. The third kappa shape index (κ3) is 5.36. The number of hydrogen-bond acceptors (Lipinski definition) is 6. The fraction of sp³-hybridized carbons (Fsp3) is 0.227. The number of carbonyl (C=O) groups is 3. The van der Waals surface area contributed by atoms with E-state index in [0.717, 1.165) is 16.0 Å². The SMILES string of the molecule is CCOC(=O)C1=C(COC(=O)/C=C/c2ccc(C)cc2)NC(=O)N[C@@H]1c1cccs1. The Labute approximate surface area is 178 Å². The number of ether oxygens (including phenoxy) is 2. The molecular weight excluding hydrogens is 404 g/mol. The average Bonchev–Trinajstić information content (AvgIpc) is 3.26. The van der Waals surface area contributed by atoms with Crippen LogP contribution in [0.15, 0.2) is 59.1 Å². The van der Waals surface area contributed by atoms with Gasteiger partial charge in [0.1, 0.15) is 6.61 Å². The largest absolute Gasteiger partial charge is 0.463 e. The zero-order valence-corrected chi connectivity index (χ0v) is 17.5. The summed E-state index contributed by atoms with van der Waals surface area (Å²) in [5.74, 6) is -1.17. The second-order valence-electron chi connectivity index (χ2n) is 6.51. The minimum atomic E-state index is -0.672. The van der Waals surface area contributed by atoms with E-state index in [4.69, 9.17) is 9.47 Å². The van der Waals surface area contributed by atoms with E-state index < -0.39 is 24.0 Å². The number of rotatable bonds is 7. The molecule has 1 aliphatic rings. The van der Waals surface area contributed by atoms with Gasteiger partial charge in [-0.05, 0) is 36.9 Å². The summed E-state index contributed by atoms with van der Waals surface area (Å²) in [6.07, 6.45) is 2.94. The predicted octanol–water partition coefficient (Wildman–Crippen LogP) is 3.48. The molecule has 2 heterocycles. The highest BCUT2D eigenvalue weighted by molar-refractivity contribution is 7.10. The van der Waals surface area contributed by atoms with Crippen LogP contribution in [0.2, 0.25) is 0 Å². The van der Waals surface area contributed by atoms with Crippen molar-refractivity contribution in [3.8, 4) is 0 Å². The first-order chi connectivity index (χ1) is 14.5. The fourth-order valence-corrected chi connectivity index (χ4v) is 3.67. The monoisotopic (exact) mass is 426 g/mol. The van der Waals surface area contributed by atoms with Crippen molar-refractivity contribution in [2.45, 2.75) is 19.9 Å². The van der Waals surface area contributed by atoms with E-state index in [-0.39, 0.29) is 24.5 Å². The lowest BCUT2D eigenvalue weighted by Gasteiger charge is -2.28. The summed E-state index contributed by atoms with van der Waals surface area (Å²) < 4.78 is 10.4. The summed E-state index contributed by atoms with van der Waals surface area (Å²) in [5, 5.41) is 7.14. The van der Waals surface area contributed by atoms with Crippen LogP contribution >= 0.6 is 11.3 Å². The van der Waals surface area contributed by atoms with E-state index >= 15 is 0 Å². The van der Waals surface area contributed by atoms with Crippen molar-refractivity contribution in [3.63, 3.8) is 0 Å². The lowest BCUT2D eigenvalue weighted by atomic mass is 10.0. The molecule has 3 rings (SSSR count). The molecule has 0 radical (unpaired) electrons. The first-order valence-corrected chi connectivity index (χ1v) is 10.3. The third-order valence-corrected chi connectivity index (χ3v) is 5.26. The summed E-state index contributed by atoms with van der Waals surface area (Å²) in [4.78, 5) is 37.6. The van der Waals surface area contributed by atoms with Crippen LogP contribution in [0.3, 0.4) is 0 Å². The number of thiophene rings is 1. The molecule has 1 aromatic heterocycles. The van der Waals surface area contributed by atoms with Gasteiger partial charge in [-0.15, -0.1) is 11.3 Å². The molecule has 8 heteroatoms. The second kappa shape index (κ2) is 9.89. The topological polar surface area (TPSA) is 93.7 Å². The van der Waals surface area contributed by atoms with E-state index in [0.29, 0.717) is 0 Å². The number of hydrogen-bond donors (Lipinski definition) is 2. The first-order valence-electron chi connectivity index (χ1n) is 9.40. The number of nitrogens with one attached hydrogen (secondary N) is 2. The van der Waals surface area contributed by atoms with E-state index in [1.807, 2.05) is 48.7 Å². The molecule has 0 saturated heterocycles. The number of urea groups is 1. The fourth-order valence-electron chi connectivity index (χ4n) is 2.88. The van der Waals surface area contributed by atoms with Gasteiger partial charge in [0.05, 0.1) is 23.9 Å². The molecule has 2 aromatic rings. The van der Waals surface area contributed by atoms with Crippen molar-refractivity contribution in [1.29, 1.82) is 0 Å². The highest BCUT2D eigenvalue weighted by atomic mass is 32.1. The summed E-state index contributed by atoms with van der Waals surface area (Å²) >= 11 is 1.40. The Hall–Kier alpha value is -3.39. The van der Waals surface area contributed by atoms with Crippen molar-refractivity contribution in [1.82, 2.24) is 10.6 Å². The van der Waals surface area contributed by atoms with Crippen LogP contribution in [0.5, 0.6) is 0 Å². The van der Waals surface area contributed by atoms with Crippen LogP contribution in [-0.4, -0.2) is 31.2 Å². The highest BCUT2D eigenvalue weighted by Gasteiger charge is 2.34. The molecule has 0 spiro atoms. The molecule has 0 fully saturated rings. The molecule has 0 aliphatic carbocycles. The van der Waals surface area contributed by atoms with E-state index in [2.05, 4.69) is 10.6 Å². The van der Waals surface area contributed by atoms with Gasteiger partial charge in [0, 0.05) is 11.0 Å². The smallest absolute Gasteiger partial charge is 0.338 e. The van der Waals surface area contributed by atoms with Crippen LogP contribution in [0, 0.1) is 6.92 Å². The van der Waals surface area contributed by atoms with Gasteiger partial charge in [-0.2, -0.15) is 0 Å². The predicted molar refractivity (Wildman–Crippen MR) is 114 cm³/mol. The lowest BCUT2D eigenvalue weighted by molar-refractivity contribution is -0.140. The van der Waals surface area contributed by atoms with Crippen LogP contribution in [0.4, 0.5) is 4.79 Å². The van der Waals surface area contributed by atoms with Crippen LogP contribution in [0.25, 0.3) is 6.08 Å². The molecule has 2 amide bonds. The summed E-state index contributed by atoms with van der Waals surface area (Å²) in [6, 6.07) is 10.1. The molecule has 1 atom stereocenters. The van der Waals surface area contributed by atoms with Crippen molar-refractivity contribution >= 4 is 35.4 Å². The molecule has 2 N–H and O–H groups in total. The number of benzene rings is 1. The Morgan fingerprint density at radius 3 is 2.60 bits per heavy atom. The molecule has 1 aliphatic heterocycles. The van der Waals surface area contributed by atoms with E-state index in [9.17, 15) is 14.4 Å². The second-order valence-corrected chi connectivity index (χ2v) is 7.49. The highest BCUT2D eigenvalue weighted by Crippen LogP contribution is 2.30. The maximum absolute atomic E-state index is 12.6. The van der Waals surface area contributed by atoms with E-state index in [1.165, 1.54) is 17.4 Å². The number of amides is 2. The summed E-state index contributed by atoms with van der Waals surface area (Å²) in [7, 11) is 0. The summed E-state index contributed by atoms with van der Waals surface area (Å²) in [5.41, 5.74) is 2.40. The molecule has 0 unspecified atom stereocenters. The Bertz CT molecular complexity index is 977. The number of aryl methyl sites for hydroxylation is 1. The minimum Gasteiger partial charge on any atom is -0.463 e. The van der Waals surface area contributed by atoms with Crippen LogP contribution < -0.4 is 10.6 Å². The number of esters is 2. The van der Waals surface area contributed by atoms with Gasteiger partial charge < -0.3 is 20.1 Å². The third-order valence-electron chi connectivity index (χ3n) is 4.32.